The highest BCUT2D eigenvalue weighted by Gasteiger charge is 2.16. The number of nitrogens with one attached hydrogen (secondary N) is 2. The number of nitrogens with zero attached hydrogens (tertiary/aromatic N) is 4. The van der Waals surface area contributed by atoms with Crippen LogP contribution < -0.4 is 15.5 Å². The molecule has 24 heavy (non-hydrogen) atoms. The fourth-order valence-corrected chi connectivity index (χ4v) is 2.66. The molecule has 0 bridgehead atoms. The Labute approximate surface area is 145 Å². The second-order valence-electron chi connectivity index (χ2n) is 5.64. The Kier molecular flexibility index (Phi) is 5.12. The fraction of sp³-hybridized carbons (Fsp3) is 0.312. The highest BCUT2D eigenvalue weighted by molar-refractivity contribution is 6.30. The van der Waals surface area contributed by atoms with Gasteiger partial charge in [-0.25, -0.2) is 14.8 Å². The van der Waals surface area contributed by atoms with Crippen LogP contribution in [0.5, 0.6) is 0 Å². The summed E-state index contributed by atoms with van der Waals surface area (Å²) in [5.41, 5.74) is 0.619. The van der Waals surface area contributed by atoms with E-state index in [0.29, 0.717) is 16.5 Å². The van der Waals surface area contributed by atoms with Gasteiger partial charge in [0.2, 0.25) is 0 Å². The Bertz CT molecular complexity index is 717. The molecule has 2 N–H and O–H groups in total. The van der Waals surface area contributed by atoms with Gasteiger partial charge < -0.3 is 15.1 Å². The van der Waals surface area contributed by atoms with Crippen LogP contribution in [-0.4, -0.2) is 54.1 Å². The summed E-state index contributed by atoms with van der Waals surface area (Å²) in [6.45, 7) is 3.79. The molecule has 2 amide bonds. The second-order valence-corrected chi connectivity index (χ2v) is 6.08. The van der Waals surface area contributed by atoms with Gasteiger partial charge in [0, 0.05) is 43.0 Å². The monoisotopic (exact) mass is 346 g/mol. The van der Waals surface area contributed by atoms with E-state index in [1.54, 1.807) is 30.3 Å². The van der Waals surface area contributed by atoms with Crippen molar-refractivity contribution in [2.24, 2.45) is 0 Å². The van der Waals surface area contributed by atoms with E-state index >= 15 is 0 Å². The number of hydrogen-bond acceptors (Lipinski definition) is 5. The minimum Gasteiger partial charge on any atom is -0.354 e. The Hall–Kier alpha value is -2.38. The van der Waals surface area contributed by atoms with Crippen molar-refractivity contribution in [1.29, 1.82) is 0 Å². The Balaban J connectivity index is 1.63. The SMILES string of the molecule is CN1CCN(c2cc(NC(=O)Nc3cccc(Cl)c3)ncn2)CC1. The number of likely N-dealkylation sites (N-methyl/N-ethyl adjacent to an activating group) is 1. The number of benzene rings is 1. The molecule has 0 aliphatic carbocycles. The lowest BCUT2D eigenvalue weighted by molar-refractivity contribution is 0.262. The fourth-order valence-electron chi connectivity index (χ4n) is 2.47. The lowest BCUT2D eigenvalue weighted by Crippen LogP contribution is -2.44. The van der Waals surface area contributed by atoms with E-state index in [4.69, 9.17) is 11.6 Å². The molecule has 0 spiro atoms. The first-order valence-corrected chi connectivity index (χ1v) is 8.07. The molecule has 0 radical (unpaired) electrons. The maximum Gasteiger partial charge on any atom is 0.324 e. The number of rotatable bonds is 3. The molecule has 0 saturated carbocycles. The molecule has 2 aromatic rings. The van der Waals surface area contributed by atoms with Crippen LogP contribution in [-0.2, 0) is 0 Å². The van der Waals surface area contributed by atoms with Gasteiger partial charge in [0.25, 0.3) is 0 Å². The summed E-state index contributed by atoms with van der Waals surface area (Å²) in [4.78, 5) is 24.9. The van der Waals surface area contributed by atoms with Gasteiger partial charge in [-0.05, 0) is 25.2 Å². The van der Waals surface area contributed by atoms with Crippen molar-refractivity contribution in [1.82, 2.24) is 14.9 Å². The van der Waals surface area contributed by atoms with E-state index in [2.05, 4.69) is 37.4 Å². The highest BCUT2D eigenvalue weighted by Crippen LogP contribution is 2.17. The van der Waals surface area contributed by atoms with Gasteiger partial charge in [-0.15, -0.1) is 0 Å². The van der Waals surface area contributed by atoms with Crippen molar-refractivity contribution >= 4 is 35.0 Å². The normalized spacial score (nSPS) is 15.2. The number of hydrogen-bond donors (Lipinski definition) is 2. The molecular weight excluding hydrogens is 328 g/mol. The summed E-state index contributed by atoms with van der Waals surface area (Å²) in [6, 6.07) is 8.37. The molecule has 1 saturated heterocycles. The Morgan fingerprint density at radius 2 is 1.92 bits per heavy atom. The topological polar surface area (TPSA) is 73.4 Å². The molecule has 1 aromatic heterocycles. The molecule has 126 valence electrons. The molecule has 1 fully saturated rings. The number of amides is 2. The first kappa shape index (κ1) is 16.5. The molecular formula is C16H19ClN6O. The zero-order valence-electron chi connectivity index (χ0n) is 13.4. The summed E-state index contributed by atoms with van der Waals surface area (Å²) in [5.74, 6) is 1.27. The largest absolute Gasteiger partial charge is 0.354 e. The standard InChI is InChI=1S/C16H19ClN6O/c1-22-5-7-23(8-6-22)15-10-14(18-11-19-15)21-16(24)20-13-4-2-3-12(17)9-13/h2-4,9-11H,5-8H2,1H3,(H2,18,19,20,21,24). The van der Waals surface area contributed by atoms with Crippen molar-refractivity contribution in [3.05, 3.63) is 41.7 Å². The van der Waals surface area contributed by atoms with E-state index in [0.717, 1.165) is 32.0 Å². The summed E-state index contributed by atoms with van der Waals surface area (Å²) >= 11 is 5.90. The van der Waals surface area contributed by atoms with E-state index in [1.165, 1.54) is 6.33 Å². The predicted octanol–water partition coefficient (Wildman–Crippen LogP) is 2.53. The number of urea groups is 1. The van der Waals surface area contributed by atoms with Crippen LogP contribution in [0.3, 0.4) is 0 Å². The Morgan fingerprint density at radius 3 is 2.67 bits per heavy atom. The van der Waals surface area contributed by atoms with Gasteiger partial charge in [0.05, 0.1) is 0 Å². The lowest BCUT2D eigenvalue weighted by atomic mass is 10.3. The maximum atomic E-state index is 12.1. The van der Waals surface area contributed by atoms with Crippen LogP contribution in [0.25, 0.3) is 0 Å². The second kappa shape index (κ2) is 7.46. The number of piperazine rings is 1. The molecule has 3 rings (SSSR count). The van der Waals surface area contributed by atoms with Crippen molar-refractivity contribution in [3.8, 4) is 0 Å². The maximum absolute atomic E-state index is 12.1. The highest BCUT2D eigenvalue weighted by atomic mass is 35.5. The van der Waals surface area contributed by atoms with Crippen molar-refractivity contribution in [2.75, 3.05) is 48.8 Å². The van der Waals surface area contributed by atoms with Crippen LogP contribution >= 0.6 is 11.6 Å². The average molecular weight is 347 g/mol. The number of anilines is 3. The zero-order chi connectivity index (χ0) is 16.9. The number of halogens is 1. The van der Waals surface area contributed by atoms with Gasteiger partial charge in [-0.2, -0.15) is 0 Å². The molecule has 0 atom stereocenters. The molecule has 0 unspecified atom stereocenters. The molecule has 1 aliphatic heterocycles. The average Bonchev–Trinajstić information content (AvgIpc) is 2.55. The van der Waals surface area contributed by atoms with Crippen molar-refractivity contribution in [2.45, 2.75) is 0 Å². The summed E-state index contributed by atoms with van der Waals surface area (Å²) in [6.07, 6.45) is 1.46. The van der Waals surface area contributed by atoms with Crippen LogP contribution in [0.4, 0.5) is 22.1 Å². The van der Waals surface area contributed by atoms with Crippen LogP contribution in [0.15, 0.2) is 36.7 Å². The molecule has 8 heteroatoms. The van der Waals surface area contributed by atoms with Crippen LogP contribution in [0.1, 0.15) is 0 Å². The van der Waals surface area contributed by atoms with E-state index in [9.17, 15) is 4.79 Å². The third kappa shape index (κ3) is 4.33. The number of carbonyl (C=O) groups is 1. The summed E-state index contributed by atoms with van der Waals surface area (Å²) in [5, 5.41) is 6.00. The summed E-state index contributed by atoms with van der Waals surface area (Å²) in [7, 11) is 2.10. The number of carbonyl (C=O) groups excluding carboxylic acids is 1. The van der Waals surface area contributed by atoms with Crippen LogP contribution in [0, 0.1) is 0 Å². The third-order valence-corrected chi connectivity index (χ3v) is 4.04. The Morgan fingerprint density at radius 1 is 1.12 bits per heavy atom. The van der Waals surface area contributed by atoms with Gasteiger partial charge in [-0.1, -0.05) is 17.7 Å². The van der Waals surface area contributed by atoms with E-state index in [-0.39, 0.29) is 6.03 Å². The van der Waals surface area contributed by atoms with Gasteiger partial charge >= 0.3 is 6.03 Å². The number of aromatic nitrogens is 2. The van der Waals surface area contributed by atoms with Gasteiger partial charge in [0.1, 0.15) is 18.0 Å². The first-order chi connectivity index (χ1) is 11.6. The van der Waals surface area contributed by atoms with Crippen LogP contribution in [0.2, 0.25) is 5.02 Å². The van der Waals surface area contributed by atoms with Crippen molar-refractivity contribution in [3.63, 3.8) is 0 Å². The molecule has 1 aliphatic rings. The lowest BCUT2D eigenvalue weighted by Gasteiger charge is -2.33. The quantitative estimate of drug-likeness (QED) is 0.893. The summed E-state index contributed by atoms with van der Waals surface area (Å²) < 4.78 is 0. The van der Waals surface area contributed by atoms with Gasteiger partial charge in [0.15, 0.2) is 0 Å². The van der Waals surface area contributed by atoms with E-state index < -0.39 is 0 Å². The predicted molar refractivity (Wildman–Crippen MR) is 95.8 cm³/mol. The molecule has 1 aromatic carbocycles. The third-order valence-electron chi connectivity index (χ3n) is 3.80. The van der Waals surface area contributed by atoms with Gasteiger partial charge in [-0.3, -0.25) is 5.32 Å². The smallest absolute Gasteiger partial charge is 0.324 e. The minimum absolute atomic E-state index is 0.375. The minimum atomic E-state index is -0.375. The van der Waals surface area contributed by atoms with E-state index in [1.807, 2.05) is 0 Å². The first-order valence-electron chi connectivity index (χ1n) is 7.69. The molecule has 7 nitrogen and oxygen atoms in total. The zero-order valence-corrected chi connectivity index (χ0v) is 14.1. The molecule has 2 heterocycles. The van der Waals surface area contributed by atoms with Crippen molar-refractivity contribution < 1.29 is 4.79 Å².